The molecule has 0 aromatic carbocycles. The molecule has 2 heteroatoms. The molecule has 1 aliphatic carbocycles. The highest BCUT2D eigenvalue weighted by molar-refractivity contribution is 4.81. The third-order valence-electron chi connectivity index (χ3n) is 3.38. The molecule has 0 unspecified atom stereocenters. The van der Waals surface area contributed by atoms with Gasteiger partial charge in [-0.2, -0.15) is 0 Å². The summed E-state index contributed by atoms with van der Waals surface area (Å²) >= 11 is 0. The SMILES string of the molecule is OC[C@H]1C[C@@H](C2CCCC2)CO1. The monoisotopic (exact) mass is 170 g/mol. The Labute approximate surface area is 73.9 Å². The molecule has 0 radical (unpaired) electrons. The first-order valence-electron chi connectivity index (χ1n) is 5.12. The van der Waals surface area contributed by atoms with Gasteiger partial charge in [0.05, 0.1) is 19.3 Å². The van der Waals surface area contributed by atoms with E-state index in [-0.39, 0.29) is 12.7 Å². The zero-order chi connectivity index (χ0) is 8.39. The number of aliphatic hydroxyl groups excluding tert-OH is 1. The van der Waals surface area contributed by atoms with E-state index in [1.54, 1.807) is 0 Å². The van der Waals surface area contributed by atoms with Crippen LogP contribution in [-0.2, 0) is 4.74 Å². The summed E-state index contributed by atoms with van der Waals surface area (Å²) in [4.78, 5) is 0. The molecule has 2 atom stereocenters. The van der Waals surface area contributed by atoms with E-state index < -0.39 is 0 Å². The normalized spacial score (nSPS) is 37.8. The third kappa shape index (κ3) is 1.64. The predicted octanol–water partition coefficient (Wildman–Crippen LogP) is 1.57. The number of ether oxygens (including phenoxy) is 1. The minimum Gasteiger partial charge on any atom is -0.394 e. The highest BCUT2D eigenvalue weighted by atomic mass is 16.5. The molecular weight excluding hydrogens is 152 g/mol. The lowest BCUT2D eigenvalue weighted by atomic mass is 9.89. The van der Waals surface area contributed by atoms with Gasteiger partial charge in [0.15, 0.2) is 0 Å². The Hall–Kier alpha value is -0.0800. The summed E-state index contributed by atoms with van der Waals surface area (Å²) in [5.41, 5.74) is 0. The Morgan fingerprint density at radius 3 is 2.50 bits per heavy atom. The maximum Gasteiger partial charge on any atom is 0.0809 e. The molecule has 1 saturated heterocycles. The summed E-state index contributed by atoms with van der Waals surface area (Å²) < 4.78 is 5.48. The van der Waals surface area contributed by atoms with Gasteiger partial charge in [0.25, 0.3) is 0 Å². The lowest BCUT2D eigenvalue weighted by molar-refractivity contribution is 0.0559. The van der Waals surface area contributed by atoms with Crippen LogP contribution in [0.2, 0.25) is 0 Å². The van der Waals surface area contributed by atoms with Crippen LogP contribution in [0, 0.1) is 11.8 Å². The number of hydrogen-bond acceptors (Lipinski definition) is 2. The smallest absolute Gasteiger partial charge is 0.0809 e. The second kappa shape index (κ2) is 3.75. The first-order chi connectivity index (χ1) is 5.90. The number of rotatable bonds is 2. The summed E-state index contributed by atoms with van der Waals surface area (Å²) in [6, 6.07) is 0. The average Bonchev–Trinajstić information content (AvgIpc) is 2.75. The summed E-state index contributed by atoms with van der Waals surface area (Å²) in [6.45, 7) is 1.11. The fourth-order valence-corrected chi connectivity index (χ4v) is 2.62. The molecule has 12 heavy (non-hydrogen) atoms. The van der Waals surface area contributed by atoms with Crippen LogP contribution in [0.3, 0.4) is 0 Å². The summed E-state index contributed by atoms with van der Waals surface area (Å²) in [5, 5.41) is 8.90. The molecule has 0 aromatic heterocycles. The van der Waals surface area contributed by atoms with Crippen molar-refractivity contribution in [1.82, 2.24) is 0 Å². The summed E-state index contributed by atoms with van der Waals surface area (Å²) in [5.74, 6) is 1.66. The van der Waals surface area contributed by atoms with Gasteiger partial charge in [0.2, 0.25) is 0 Å². The quantitative estimate of drug-likeness (QED) is 0.681. The third-order valence-corrected chi connectivity index (χ3v) is 3.38. The maximum absolute atomic E-state index is 8.90. The van der Waals surface area contributed by atoms with Crippen molar-refractivity contribution in [1.29, 1.82) is 0 Å². The Morgan fingerprint density at radius 1 is 1.17 bits per heavy atom. The van der Waals surface area contributed by atoms with Crippen LogP contribution in [0.1, 0.15) is 32.1 Å². The van der Waals surface area contributed by atoms with Crippen LogP contribution in [-0.4, -0.2) is 24.4 Å². The van der Waals surface area contributed by atoms with Crippen molar-refractivity contribution < 1.29 is 9.84 Å². The van der Waals surface area contributed by atoms with Crippen LogP contribution >= 0.6 is 0 Å². The molecule has 2 fully saturated rings. The van der Waals surface area contributed by atoms with E-state index in [1.165, 1.54) is 25.7 Å². The lowest BCUT2D eigenvalue weighted by Gasteiger charge is -2.15. The second-order valence-corrected chi connectivity index (χ2v) is 4.18. The Kier molecular flexibility index (Phi) is 2.66. The zero-order valence-corrected chi connectivity index (χ0v) is 7.54. The molecule has 1 N–H and O–H groups in total. The minimum atomic E-state index is 0.149. The average molecular weight is 170 g/mol. The van der Waals surface area contributed by atoms with E-state index in [9.17, 15) is 0 Å². The topological polar surface area (TPSA) is 29.5 Å². The van der Waals surface area contributed by atoms with Crippen LogP contribution in [0.25, 0.3) is 0 Å². The van der Waals surface area contributed by atoms with E-state index in [0.29, 0.717) is 0 Å². The van der Waals surface area contributed by atoms with Crippen LogP contribution in [0.15, 0.2) is 0 Å². The van der Waals surface area contributed by atoms with Gasteiger partial charge >= 0.3 is 0 Å². The molecule has 0 aromatic rings. The van der Waals surface area contributed by atoms with Crippen molar-refractivity contribution in [2.24, 2.45) is 11.8 Å². The van der Waals surface area contributed by atoms with Gasteiger partial charge in [-0.25, -0.2) is 0 Å². The second-order valence-electron chi connectivity index (χ2n) is 4.18. The first kappa shape index (κ1) is 8.52. The highest BCUT2D eigenvalue weighted by Crippen LogP contribution is 2.37. The standard InChI is InChI=1S/C10H18O2/c11-6-10-5-9(7-12-10)8-3-1-2-4-8/h8-11H,1-7H2/t9-,10-/m1/s1. The van der Waals surface area contributed by atoms with Crippen LogP contribution in [0.4, 0.5) is 0 Å². The largest absolute Gasteiger partial charge is 0.394 e. The van der Waals surface area contributed by atoms with E-state index in [1.807, 2.05) is 0 Å². The Bertz CT molecular complexity index is 141. The van der Waals surface area contributed by atoms with E-state index >= 15 is 0 Å². The van der Waals surface area contributed by atoms with Gasteiger partial charge in [0, 0.05) is 0 Å². The van der Waals surface area contributed by atoms with Crippen molar-refractivity contribution in [2.75, 3.05) is 13.2 Å². The van der Waals surface area contributed by atoms with Crippen molar-refractivity contribution in [2.45, 2.75) is 38.2 Å². The van der Waals surface area contributed by atoms with E-state index in [4.69, 9.17) is 9.84 Å². The Morgan fingerprint density at radius 2 is 1.92 bits per heavy atom. The molecule has 1 saturated carbocycles. The van der Waals surface area contributed by atoms with Gasteiger partial charge in [-0.1, -0.05) is 25.7 Å². The lowest BCUT2D eigenvalue weighted by Crippen LogP contribution is -2.13. The number of hydrogen-bond donors (Lipinski definition) is 1. The van der Waals surface area contributed by atoms with Crippen molar-refractivity contribution >= 4 is 0 Å². The van der Waals surface area contributed by atoms with Crippen LogP contribution < -0.4 is 0 Å². The zero-order valence-electron chi connectivity index (χ0n) is 7.54. The van der Waals surface area contributed by atoms with Crippen molar-refractivity contribution in [3.8, 4) is 0 Å². The summed E-state index contributed by atoms with van der Waals surface area (Å²) in [7, 11) is 0. The molecule has 1 heterocycles. The number of aliphatic hydroxyl groups is 1. The first-order valence-corrected chi connectivity index (χ1v) is 5.12. The fourth-order valence-electron chi connectivity index (χ4n) is 2.62. The van der Waals surface area contributed by atoms with Crippen molar-refractivity contribution in [3.63, 3.8) is 0 Å². The molecule has 2 rings (SSSR count). The van der Waals surface area contributed by atoms with Gasteiger partial charge in [0.1, 0.15) is 0 Å². The van der Waals surface area contributed by atoms with Crippen molar-refractivity contribution in [3.05, 3.63) is 0 Å². The van der Waals surface area contributed by atoms with Gasteiger partial charge in [-0.05, 0) is 18.3 Å². The fraction of sp³-hybridized carbons (Fsp3) is 1.00. The Balaban J connectivity index is 1.81. The van der Waals surface area contributed by atoms with Gasteiger partial charge in [-0.15, -0.1) is 0 Å². The molecule has 1 aliphatic heterocycles. The molecule has 0 spiro atoms. The molecule has 2 nitrogen and oxygen atoms in total. The van der Waals surface area contributed by atoms with E-state index in [0.717, 1.165) is 24.9 Å². The highest BCUT2D eigenvalue weighted by Gasteiger charge is 2.32. The predicted molar refractivity (Wildman–Crippen MR) is 46.9 cm³/mol. The van der Waals surface area contributed by atoms with E-state index in [2.05, 4.69) is 0 Å². The van der Waals surface area contributed by atoms with Crippen LogP contribution in [0.5, 0.6) is 0 Å². The van der Waals surface area contributed by atoms with Gasteiger partial charge in [-0.3, -0.25) is 0 Å². The maximum atomic E-state index is 8.90. The molecule has 0 bridgehead atoms. The molecule has 70 valence electrons. The molecule has 2 aliphatic rings. The molecule has 0 amide bonds. The molecular formula is C10H18O2. The van der Waals surface area contributed by atoms with Gasteiger partial charge < -0.3 is 9.84 Å². The summed E-state index contributed by atoms with van der Waals surface area (Å²) in [6.07, 6.45) is 6.85. The minimum absolute atomic E-state index is 0.149.